The molecule has 0 amide bonds. The average molecular weight is 261 g/mol. The van der Waals surface area contributed by atoms with Gasteiger partial charge in [-0.3, -0.25) is 0 Å². The number of hydrogen-bond donors (Lipinski definition) is 1. The lowest BCUT2D eigenvalue weighted by molar-refractivity contribution is 0.403. The van der Waals surface area contributed by atoms with E-state index in [2.05, 4.69) is 13.0 Å². The van der Waals surface area contributed by atoms with Crippen LogP contribution in [0.2, 0.25) is 0 Å². The minimum atomic E-state index is -0.242. The van der Waals surface area contributed by atoms with Crippen LogP contribution in [0.1, 0.15) is 38.2 Å². The Balaban J connectivity index is 2.50. The summed E-state index contributed by atoms with van der Waals surface area (Å²) in [5.74, 6) is 1.53. The SMILES string of the molecule is C/C=C\C1=C(CC)Oc2ccc(F)cc2[C@H](CN)C1. The Morgan fingerprint density at radius 3 is 2.89 bits per heavy atom. The number of rotatable bonds is 3. The lowest BCUT2D eigenvalue weighted by Crippen LogP contribution is -2.12. The van der Waals surface area contributed by atoms with Gasteiger partial charge in [0.25, 0.3) is 0 Å². The molecule has 0 radical (unpaired) electrons. The van der Waals surface area contributed by atoms with Gasteiger partial charge in [-0.1, -0.05) is 19.1 Å². The molecule has 0 unspecified atom stereocenters. The molecule has 1 heterocycles. The zero-order chi connectivity index (χ0) is 13.8. The highest BCUT2D eigenvalue weighted by molar-refractivity contribution is 5.43. The van der Waals surface area contributed by atoms with Crippen molar-refractivity contribution in [2.45, 2.75) is 32.6 Å². The quantitative estimate of drug-likeness (QED) is 0.895. The topological polar surface area (TPSA) is 35.2 Å². The van der Waals surface area contributed by atoms with Gasteiger partial charge in [-0.2, -0.15) is 0 Å². The largest absolute Gasteiger partial charge is 0.461 e. The van der Waals surface area contributed by atoms with Gasteiger partial charge in [0.05, 0.1) is 0 Å². The number of nitrogens with two attached hydrogens (primary N) is 1. The maximum Gasteiger partial charge on any atom is 0.130 e. The first kappa shape index (κ1) is 13.8. The molecule has 0 fully saturated rings. The zero-order valence-corrected chi connectivity index (χ0v) is 11.4. The van der Waals surface area contributed by atoms with Crippen LogP contribution in [0.3, 0.4) is 0 Å². The third-order valence-electron chi connectivity index (χ3n) is 3.44. The summed E-state index contributed by atoms with van der Waals surface area (Å²) in [6.45, 7) is 4.53. The van der Waals surface area contributed by atoms with E-state index in [-0.39, 0.29) is 11.7 Å². The van der Waals surface area contributed by atoms with Crippen LogP contribution in [0.5, 0.6) is 5.75 Å². The first-order valence-electron chi connectivity index (χ1n) is 6.71. The third-order valence-corrected chi connectivity index (χ3v) is 3.44. The second-order valence-electron chi connectivity index (χ2n) is 4.72. The Hall–Kier alpha value is -1.61. The summed E-state index contributed by atoms with van der Waals surface area (Å²) in [5.41, 5.74) is 7.88. The van der Waals surface area contributed by atoms with Crippen LogP contribution in [0.4, 0.5) is 4.39 Å². The van der Waals surface area contributed by atoms with Crippen molar-refractivity contribution in [3.63, 3.8) is 0 Å². The maximum absolute atomic E-state index is 13.4. The van der Waals surface area contributed by atoms with Gasteiger partial charge in [-0.15, -0.1) is 0 Å². The molecule has 1 aliphatic rings. The molecular weight excluding hydrogens is 241 g/mol. The molecule has 2 nitrogen and oxygen atoms in total. The minimum absolute atomic E-state index is 0.0981. The highest BCUT2D eigenvalue weighted by atomic mass is 19.1. The van der Waals surface area contributed by atoms with Gasteiger partial charge in [0.1, 0.15) is 17.3 Å². The van der Waals surface area contributed by atoms with Crippen molar-refractivity contribution in [3.05, 3.63) is 53.1 Å². The molecule has 1 aromatic rings. The second kappa shape index (κ2) is 6.02. The van der Waals surface area contributed by atoms with Gasteiger partial charge < -0.3 is 10.5 Å². The Bertz CT molecular complexity index is 519. The van der Waals surface area contributed by atoms with Gasteiger partial charge in [0, 0.05) is 17.9 Å². The van der Waals surface area contributed by atoms with Crippen LogP contribution < -0.4 is 10.5 Å². The van der Waals surface area contributed by atoms with E-state index < -0.39 is 0 Å². The van der Waals surface area contributed by atoms with Crippen molar-refractivity contribution >= 4 is 0 Å². The molecule has 0 aromatic heterocycles. The second-order valence-corrected chi connectivity index (χ2v) is 4.72. The van der Waals surface area contributed by atoms with E-state index in [1.807, 2.05) is 13.0 Å². The Labute approximate surface area is 113 Å². The fraction of sp³-hybridized carbons (Fsp3) is 0.375. The summed E-state index contributed by atoms with van der Waals surface area (Å²) in [6.07, 6.45) is 5.66. The number of hydrogen-bond acceptors (Lipinski definition) is 2. The van der Waals surface area contributed by atoms with Crippen LogP contribution in [0.25, 0.3) is 0 Å². The van der Waals surface area contributed by atoms with Crippen LogP contribution in [0.15, 0.2) is 41.7 Å². The predicted octanol–water partition coefficient (Wildman–Crippen LogP) is 3.89. The molecule has 1 aromatic carbocycles. The van der Waals surface area contributed by atoms with E-state index in [0.29, 0.717) is 6.54 Å². The van der Waals surface area contributed by atoms with Crippen molar-refractivity contribution in [2.24, 2.45) is 5.73 Å². The summed E-state index contributed by atoms with van der Waals surface area (Å²) in [4.78, 5) is 0. The fourth-order valence-electron chi connectivity index (χ4n) is 2.49. The summed E-state index contributed by atoms with van der Waals surface area (Å²) in [6, 6.07) is 4.67. The highest BCUT2D eigenvalue weighted by Gasteiger charge is 2.23. The highest BCUT2D eigenvalue weighted by Crippen LogP contribution is 2.37. The van der Waals surface area contributed by atoms with Crippen LogP contribution >= 0.6 is 0 Å². The Morgan fingerprint density at radius 2 is 2.26 bits per heavy atom. The van der Waals surface area contributed by atoms with Gasteiger partial charge in [-0.25, -0.2) is 4.39 Å². The molecule has 19 heavy (non-hydrogen) atoms. The van der Waals surface area contributed by atoms with Crippen molar-refractivity contribution in [2.75, 3.05) is 6.54 Å². The lowest BCUT2D eigenvalue weighted by Gasteiger charge is -2.15. The lowest BCUT2D eigenvalue weighted by atomic mass is 9.91. The molecule has 0 aliphatic carbocycles. The van der Waals surface area contributed by atoms with Crippen molar-refractivity contribution in [3.8, 4) is 5.75 Å². The molecule has 3 heteroatoms. The van der Waals surface area contributed by atoms with E-state index in [1.54, 1.807) is 12.1 Å². The molecule has 2 rings (SSSR count). The molecule has 1 atom stereocenters. The monoisotopic (exact) mass is 261 g/mol. The third kappa shape index (κ3) is 2.87. The number of allylic oxidation sites excluding steroid dienone is 4. The molecule has 0 saturated heterocycles. The number of ether oxygens (including phenoxy) is 1. The maximum atomic E-state index is 13.4. The molecular formula is C16H20FNO. The van der Waals surface area contributed by atoms with Crippen molar-refractivity contribution < 1.29 is 9.13 Å². The van der Waals surface area contributed by atoms with Crippen LogP contribution in [0, 0.1) is 5.82 Å². The van der Waals surface area contributed by atoms with E-state index >= 15 is 0 Å². The predicted molar refractivity (Wildman–Crippen MR) is 75.6 cm³/mol. The molecule has 0 saturated carbocycles. The molecule has 102 valence electrons. The number of halogens is 1. The summed E-state index contributed by atoms with van der Waals surface area (Å²) >= 11 is 0. The molecule has 0 bridgehead atoms. The average Bonchev–Trinajstić information content (AvgIpc) is 2.56. The number of fused-ring (bicyclic) bond motifs is 1. The van der Waals surface area contributed by atoms with Crippen LogP contribution in [-0.2, 0) is 0 Å². The van der Waals surface area contributed by atoms with Crippen molar-refractivity contribution in [1.29, 1.82) is 0 Å². The van der Waals surface area contributed by atoms with E-state index in [1.165, 1.54) is 6.07 Å². The molecule has 2 N–H and O–H groups in total. The summed E-state index contributed by atoms with van der Waals surface area (Å²) in [5, 5.41) is 0. The smallest absolute Gasteiger partial charge is 0.130 e. The zero-order valence-electron chi connectivity index (χ0n) is 11.4. The van der Waals surface area contributed by atoms with E-state index in [4.69, 9.17) is 10.5 Å². The normalized spacial score (nSPS) is 19.3. The minimum Gasteiger partial charge on any atom is -0.461 e. The van der Waals surface area contributed by atoms with E-state index in [9.17, 15) is 4.39 Å². The van der Waals surface area contributed by atoms with Gasteiger partial charge >= 0.3 is 0 Å². The molecule has 0 spiro atoms. The van der Waals surface area contributed by atoms with Crippen LogP contribution in [-0.4, -0.2) is 6.54 Å². The first-order valence-corrected chi connectivity index (χ1v) is 6.71. The van der Waals surface area contributed by atoms with E-state index in [0.717, 1.165) is 35.5 Å². The summed E-state index contributed by atoms with van der Waals surface area (Å²) in [7, 11) is 0. The number of benzene rings is 1. The molecule has 1 aliphatic heterocycles. The standard InChI is InChI=1S/C16H20FNO/c1-3-5-11-8-12(10-18)14-9-13(17)6-7-16(14)19-15(11)4-2/h3,5-7,9,12H,4,8,10,18H2,1-2H3/b5-3-/t12-/m0/s1. The van der Waals surface area contributed by atoms with Crippen molar-refractivity contribution in [1.82, 2.24) is 0 Å². The Morgan fingerprint density at radius 1 is 1.47 bits per heavy atom. The summed E-state index contributed by atoms with van der Waals surface area (Å²) < 4.78 is 19.4. The fourth-order valence-corrected chi connectivity index (χ4v) is 2.49. The van der Waals surface area contributed by atoms with Gasteiger partial charge in [0.2, 0.25) is 0 Å². The van der Waals surface area contributed by atoms with Gasteiger partial charge in [-0.05, 0) is 43.7 Å². The van der Waals surface area contributed by atoms with Gasteiger partial charge in [0.15, 0.2) is 0 Å². The Kier molecular flexibility index (Phi) is 4.38. The first-order chi connectivity index (χ1) is 9.19.